The highest BCUT2D eigenvalue weighted by Gasteiger charge is 2.34. The van der Waals surface area contributed by atoms with Crippen LogP contribution in [0.1, 0.15) is 34.1 Å². The maximum Gasteiger partial charge on any atom is 0.251 e. The van der Waals surface area contributed by atoms with Crippen LogP contribution in [0.15, 0.2) is 5.10 Å². The highest BCUT2D eigenvalue weighted by Crippen LogP contribution is 2.22. The number of carbonyl (C=O) groups excluding carboxylic acids is 1. The second-order valence-corrected chi connectivity index (χ2v) is 3.92. The van der Waals surface area contributed by atoms with Crippen molar-refractivity contribution in [3.05, 3.63) is 0 Å². The van der Waals surface area contributed by atoms with E-state index < -0.39 is 0 Å². The number of nitrogens with zero attached hydrogens (tertiary/aromatic N) is 2. The van der Waals surface area contributed by atoms with Gasteiger partial charge >= 0.3 is 0 Å². The van der Waals surface area contributed by atoms with Gasteiger partial charge in [0.25, 0.3) is 5.91 Å². The molecule has 1 aliphatic rings. The van der Waals surface area contributed by atoms with Crippen LogP contribution in [0.5, 0.6) is 0 Å². The van der Waals surface area contributed by atoms with E-state index in [1.807, 2.05) is 6.92 Å². The molecule has 0 spiro atoms. The van der Waals surface area contributed by atoms with Gasteiger partial charge in [0.15, 0.2) is 0 Å². The van der Waals surface area contributed by atoms with Gasteiger partial charge in [-0.25, -0.2) is 5.01 Å². The van der Waals surface area contributed by atoms with Gasteiger partial charge < -0.3 is 0 Å². The molecule has 3 nitrogen and oxygen atoms in total. The first-order valence-electron chi connectivity index (χ1n) is 4.94. The Kier molecular flexibility index (Phi) is 3.07. The minimum absolute atomic E-state index is 0.0200. The Labute approximate surface area is 79.8 Å². The first-order valence-corrected chi connectivity index (χ1v) is 4.94. The number of hydrogen-bond acceptors (Lipinski definition) is 2. The van der Waals surface area contributed by atoms with Crippen molar-refractivity contribution < 1.29 is 4.79 Å². The zero-order chi connectivity index (χ0) is 10.0. The van der Waals surface area contributed by atoms with Crippen LogP contribution in [-0.4, -0.2) is 23.2 Å². The van der Waals surface area contributed by atoms with Crippen LogP contribution in [0.25, 0.3) is 0 Å². The summed E-state index contributed by atoms with van der Waals surface area (Å²) in [6.07, 6.45) is 0.966. The Morgan fingerprint density at radius 2 is 2.15 bits per heavy atom. The molecule has 0 aliphatic carbocycles. The molecule has 0 bridgehead atoms. The van der Waals surface area contributed by atoms with Crippen LogP contribution in [0.4, 0.5) is 0 Å². The predicted molar refractivity (Wildman–Crippen MR) is 53.4 cm³/mol. The molecular weight excluding hydrogens is 164 g/mol. The molecule has 0 N–H and O–H groups in total. The lowest BCUT2D eigenvalue weighted by Crippen LogP contribution is -2.30. The molecule has 13 heavy (non-hydrogen) atoms. The summed E-state index contributed by atoms with van der Waals surface area (Å²) >= 11 is 0. The maximum atomic E-state index is 11.8. The molecule has 1 amide bonds. The summed E-state index contributed by atoms with van der Waals surface area (Å²) in [5.74, 6) is 0.555. The lowest BCUT2D eigenvalue weighted by molar-refractivity contribution is -0.132. The second kappa shape index (κ2) is 3.90. The van der Waals surface area contributed by atoms with Crippen molar-refractivity contribution >= 4 is 11.6 Å². The average molecular weight is 182 g/mol. The van der Waals surface area contributed by atoms with E-state index in [0.29, 0.717) is 5.92 Å². The van der Waals surface area contributed by atoms with E-state index in [-0.39, 0.29) is 11.8 Å². The first kappa shape index (κ1) is 10.2. The molecule has 0 saturated carbocycles. The third kappa shape index (κ3) is 1.90. The van der Waals surface area contributed by atoms with E-state index in [0.717, 1.165) is 18.7 Å². The zero-order valence-electron chi connectivity index (χ0n) is 8.87. The van der Waals surface area contributed by atoms with Gasteiger partial charge in [0, 0.05) is 12.3 Å². The number of hydrazone groups is 1. The van der Waals surface area contributed by atoms with Crippen molar-refractivity contribution in [3.63, 3.8) is 0 Å². The van der Waals surface area contributed by atoms with Crippen LogP contribution in [0, 0.1) is 11.8 Å². The van der Waals surface area contributed by atoms with Gasteiger partial charge in [-0.1, -0.05) is 20.8 Å². The Morgan fingerprint density at radius 1 is 1.54 bits per heavy atom. The Bertz CT molecular complexity index is 233. The third-order valence-corrected chi connectivity index (χ3v) is 2.35. The van der Waals surface area contributed by atoms with E-state index >= 15 is 0 Å². The average Bonchev–Trinajstić information content (AvgIpc) is 2.28. The van der Waals surface area contributed by atoms with E-state index in [2.05, 4.69) is 25.9 Å². The fourth-order valence-electron chi connectivity index (χ4n) is 1.78. The number of carbonyl (C=O) groups is 1. The molecule has 1 atom stereocenters. The highest BCUT2D eigenvalue weighted by atomic mass is 16.2. The molecule has 1 aliphatic heterocycles. The normalized spacial score (nSPS) is 22.8. The molecule has 1 rings (SSSR count). The van der Waals surface area contributed by atoms with Crippen molar-refractivity contribution in [2.45, 2.75) is 34.1 Å². The van der Waals surface area contributed by atoms with Crippen molar-refractivity contribution in [3.8, 4) is 0 Å². The number of hydrogen-bond donors (Lipinski definition) is 0. The fraction of sp³-hybridized carbons (Fsp3) is 0.800. The van der Waals surface area contributed by atoms with Crippen LogP contribution in [-0.2, 0) is 4.79 Å². The van der Waals surface area contributed by atoms with Crippen molar-refractivity contribution in [1.82, 2.24) is 5.01 Å². The minimum Gasteiger partial charge on any atom is -0.272 e. The molecule has 1 unspecified atom stereocenters. The summed E-state index contributed by atoms with van der Waals surface area (Å²) in [6, 6.07) is 0. The topological polar surface area (TPSA) is 32.7 Å². The Balaban J connectivity index is 2.73. The van der Waals surface area contributed by atoms with E-state index in [1.165, 1.54) is 0 Å². The second-order valence-electron chi connectivity index (χ2n) is 3.92. The summed E-state index contributed by atoms with van der Waals surface area (Å²) in [5.41, 5.74) is 0.966. The Morgan fingerprint density at radius 3 is 2.54 bits per heavy atom. The largest absolute Gasteiger partial charge is 0.272 e. The minimum atomic E-state index is 0.0200. The van der Waals surface area contributed by atoms with Gasteiger partial charge in [-0.15, -0.1) is 0 Å². The van der Waals surface area contributed by atoms with Gasteiger partial charge in [-0.3, -0.25) is 4.79 Å². The molecule has 0 aromatic carbocycles. The van der Waals surface area contributed by atoms with Crippen molar-refractivity contribution in [1.29, 1.82) is 0 Å². The lowest BCUT2D eigenvalue weighted by atomic mass is 9.92. The maximum absolute atomic E-state index is 11.8. The van der Waals surface area contributed by atoms with Crippen LogP contribution < -0.4 is 0 Å². The predicted octanol–water partition coefficient (Wildman–Crippen LogP) is 1.89. The van der Waals surface area contributed by atoms with Crippen molar-refractivity contribution in [2.75, 3.05) is 6.54 Å². The highest BCUT2D eigenvalue weighted by molar-refractivity contribution is 6.07. The first-order chi connectivity index (χ1) is 6.07. The molecule has 0 aromatic heterocycles. The number of amides is 1. The van der Waals surface area contributed by atoms with Crippen LogP contribution >= 0.6 is 0 Å². The van der Waals surface area contributed by atoms with Gasteiger partial charge in [-0.2, -0.15) is 5.10 Å². The van der Waals surface area contributed by atoms with Gasteiger partial charge in [0.1, 0.15) is 0 Å². The molecule has 3 heteroatoms. The van der Waals surface area contributed by atoms with Gasteiger partial charge in [-0.05, 0) is 19.3 Å². The Hall–Kier alpha value is -0.860. The van der Waals surface area contributed by atoms with E-state index in [1.54, 1.807) is 5.01 Å². The summed E-state index contributed by atoms with van der Waals surface area (Å²) in [7, 11) is 0. The molecule has 0 radical (unpaired) electrons. The summed E-state index contributed by atoms with van der Waals surface area (Å²) < 4.78 is 0. The standard InChI is InChI=1S/C10H18N2O/c1-5-6-12-10(13)9(7(2)3)8(4)11-12/h7,9H,5-6H2,1-4H3. The van der Waals surface area contributed by atoms with E-state index in [9.17, 15) is 4.79 Å². The van der Waals surface area contributed by atoms with Crippen LogP contribution in [0.3, 0.4) is 0 Å². The van der Waals surface area contributed by atoms with Gasteiger partial charge in [0.2, 0.25) is 0 Å². The molecule has 0 fully saturated rings. The van der Waals surface area contributed by atoms with Crippen molar-refractivity contribution in [2.24, 2.45) is 16.9 Å². The SMILES string of the molecule is CCCN1N=C(C)C(C(C)C)C1=O. The third-order valence-electron chi connectivity index (χ3n) is 2.35. The monoisotopic (exact) mass is 182 g/mol. The molecule has 0 aromatic rings. The summed E-state index contributed by atoms with van der Waals surface area (Å²) in [5, 5.41) is 5.87. The fourth-order valence-corrected chi connectivity index (χ4v) is 1.78. The van der Waals surface area contributed by atoms with Gasteiger partial charge in [0.05, 0.1) is 5.92 Å². The summed E-state index contributed by atoms with van der Waals surface area (Å²) in [4.78, 5) is 11.8. The molecule has 74 valence electrons. The number of rotatable bonds is 3. The molecule has 1 heterocycles. The summed E-state index contributed by atoms with van der Waals surface area (Å²) in [6.45, 7) is 8.88. The van der Waals surface area contributed by atoms with Crippen LogP contribution in [0.2, 0.25) is 0 Å². The van der Waals surface area contributed by atoms with E-state index in [4.69, 9.17) is 0 Å². The lowest BCUT2D eigenvalue weighted by Gasteiger charge is -2.15. The molecular formula is C10H18N2O. The smallest absolute Gasteiger partial charge is 0.251 e. The molecule has 0 saturated heterocycles. The zero-order valence-corrected chi connectivity index (χ0v) is 8.87. The quantitative estimate of drug-likeness (QED) is 0.656.